The summed E-state index contributed by atoms with van der Waals surface area (Å²) in [7, 11) is -2.58. The molecular weight excluding hydrogens is 408 g/mol. The van der Waals surface area contributed by atoms with Crippen LogP contribution in [0.1, 0.15) is 23.3 Å². The number of hydrogen-bond acceptors (Lipinski definition) is 5. The van der Waals surface area contributed by atoms with E-state index in [2.05, 4.69) is 10.0 Å². The average Bonchev–Trinajstić information content (AvgIpc) is 3.45. The van der Waals surface area contributed by atoms with Gasteiger partial charge in [-0.3, -0.25) is 4.79 Å². The molecule has 1 saturated carbocycles. The van der Waals surface area contributed by atoms with E-state index in [1.165, 1.54) is 23.9 Å². The van der Waals surface area contributed by atoms with E-state index in [9.17, 15) is 27.1 Å². The second kappa shape index (κ2) is 7.08. The second-order valence-electron chi connectivity index (χ2n) is 7.23. The number of nitrogens with zero attached hydrogens (tertiary/aromatic N) is 1. The molecule has 156 valence electrons. The molecule has 0 saturated heterocycles. The highest BCUT2D eigenvalue weighted by Crippen LogP contribution is 2.37. The van der Waals surface area contributed by atoms with Crippen molar-refractivity contribution in [2.24, 2.45) is 13.0 Å². The van der Waals surface area contributed by atoms with Gasteiger partial charge in [0.15, 0.2) is 23.1 Å². The second-order valence-corrected chi connectivity index (χ2v) is 8.91. The number of aryl methyl sites for hydroxylation is 1. The minimum atomic E-state index is -4.04. The molecule has 1 aromatic carbocycles. The van der Waals surface area contributed by atoms with Gasteiger partial charge in [0.05, 0.1) is 12.1 Å². The Morgan fingerprint density at radius 2 is 2.07 bits per heavy atom. The van der Waals surface area contributed by atoms with E-state index in [1.54, 1.807) is 0 Å². The average molecular weight is 427 g/mol. The molecule has 2 aromatic rings. The van der Waals surface area contributed by atoms with E-state index in [0.717, 1.165) is 25.0 Å². The normalized spacial score (nSPS) is 21.6. The number of carbonyl (C=O) groups is 1. The lowest BCUT2D eigenvalue weighted by Gasteiger charge is -2.21. The van der Waals surface area contributed by atoms with Gasteiger partial charge < -0.3 is 19.7 Å². The molecule has 1 aliphatic heterocycles. The number of halogens is 2. The summed E-state index contributed by atoms with van der Waals surface area (Å²) in [6.45, 7) is -0.153. The molecule has 29 heavy (non-hydrogen) atoms. The molecule has 1 amide bonds. The van der Waals surface area contributed by atoms with Crippen molar-refractivity contribution in [2.75, 3.05) is 11.9 Å². The first kappa shape index (κ1) is 19.8. The van der Waals surface area contributed by atoms with Crippen LogP contribution in [0.4, 0.5) is 14.5 Å². The molecule has 3 N–H and O–H groups in total. The lowest BCUT2D eigenvalue weighted by molar-refractivity contribution is 0.0898. The third-order valence-corrected chi connectivity index (χ3v) is 6.50. The topological polar surface area (TPSA) is 110 Å². The number of ether oxygens (including phenoxy) is 1. The highest BCUT2D eigenvalue weighted by molar-refractivity contribution is 7.89. The number of aliphatic hydroxyl groups is 1. The summed E-state index contributed by atoms with van der Waals surface area (Å²) >= 11 is 0. The van der Waals surface area contributed by atoms with Crippen LogP contribution in [0.5, 0.6) is 5.75 Å². The maximum atomic E-state index is 13.4. The molecule has 2 aliphatic rings. The Bertz CT molecular complexity index is 1080. The number of aliphatic hydroxyl groups excluding tert-OH is 1. The number of aromatic nitrogens is 1. The predicted octanol–water partition coefficient (Wildman–Crippen LogP) is 1.37. The summed E-state index contributed by atoms with van der Waals surface area (Å²) < 4.78 is 61.3. The van der Waals surface area contributed by atoms with Crippen LogP contribution >= 0.6 is 0 Å². The monoisotopic (exact) mass is 427 g/mol. The smallest absolute Gasteiger partial charge is 0.276 e. The molecule has 8 nitrogen and oxygen atoms in total. The largest absolute Gasteiger partial charge is 0.488 e. The third-order valence-electron chi connectivity index (χ3n) is 5.02. The number of fused-ring (bicyclic) bond motifs is 1. The van der Waals surface area contributed by atoms with Crippen molar-refractivity contribution in [1.82, 2.24) is 9.29 Å². The number of benzene rings is 1. The summed E-state index contributed by atoms with van der Waals surface area (Å²) in [4.78, 5) is 12.5. The van der Waals surface area contributed by atoms with Gasteiger partial charge in [0.2, 0.25) is 10.0 Å². The van der Waals surface area contributed by atoms with Gasteiger partial charge in [0.1, 0.15) is 11.5 Å². The van der Waals surface area contributed by atoms with Gasteiger partial charge in [-0.2, -0.15) is 0 Å². The Kier molecular flexibility index (Phi) is 4.83. The number of amides is 1. The molecule has 4 rings (SSSR count). The van der Waals surface area contributed by atoms with Gasteiger partial charge in [-0.15, -0.1) is 0 Å². The van der Waals surface area contributed by atoms with Gasteiger partial charge in [-0.1, -0.05) is 0 Å². The van der Waals surface area contributed by atoms with Crippen LogP contribution in [0.15, 0.2) is 29.3 Å². The minimum Gasteiger partial charge on any atom is -0.488 e. The summed E-state index contributed by atoms with van der Waals surface area (Å²) in [5.74, 6) is -3.09. The summed E-state index contributed by atoms with van der Waals surface area (Å²) in [5.41, 5.74) is -0.0999. The zero-order valence-corrected chi connectivity index (χ0v) is 16.2. The van der Waals surface area contributed by atoms with Crippen molar-refractivity contribution < 1.29 is 31.8 Å². The lowest BCUT2D eigenvalue weighted by Crippen LogP contribution is -2.46. The van der Waals surface area contributed by atoms with E-state index in [0.29, 0.717) is 0 Å². The number of rotatable bonds is 4. The van der Waals surface area contributed by atoms with Crippen LogP contribution < -0.4 is 14.8 Å². The first-order chi connectivity index (χ1) is 13.7. The molecule has 0 radical (unpaired) electrons. The molecule has 1 aromatic heterocycles. The van der Waals surface area contributed by atoms with E-state index >= 15 is 0 Å². The van der Waals surface area contributed by atoms with Crippen LogP contribution in [0.25, 0.3) is 0 Å². The first-order valence-corrected chi connectivity index (χ1v) is 10.4. The van der Waals surface area contributed by atoms with Crippen molar-refractivity contribution in [2.45, 2.75) is 29.9 Å². The zero-order valence-electron chi connectivity index (χ0n) is 15.4. The van der Waals surface area contributed by atoms with E-state index in [4.69, 9.17) is 4.74 Å². The highest BCUT2D eigenvalue weighted by atomic mass is 32.2. The van der Waals surface area contributed by atoms with Crippen molar-refractivity contribution in [1.29, 1.82) is 0 Å². The Balaban J connectivity index is 1.64. The number of anilines is 1. The third kappa shape index (κ3) is 3.72. The lowest BCUT2D eigenvalue weighted by atomic mass is 10.1. The van der Waals surface area contributed by atoms with Gasteiger partial charge in [0.25, 0.3) is 5.91 Å². The van der Waals surface area contributed by atoms with E-state index in [-0.39, 0.29) is 34.6 Å². The molecule has 1 unspecified atom stereocenters. The van der Waals surface area contributed by atoms with Crippen LogP contribution in [0, 0.1) is 17.6 Å². The summed E-state index contributed by atoms with van der Waals surface area (Å²) in [6.07, 6.45) is 1.97. The van der Waals surface area contributed by atoms with Crippen LogP contribution in [-0.2, 0) is 17.1 Å². The Morgan fingerprint density at radius 3 is 2.72 bits per heavy atom. The van der Waals surface area contributed by atoms with E-state index in [1.807, 2.05) is 0 Å². The molecular formula is C18H19F2N3O5S. The number of sulfonamides is 1. The quantitative estimate of drug-likeness (QED) is 0.683. The molecule has 0 spiro atoms. The molecule has 2 atom stereocenters. The van der Waals surface area contributed by atoms with Gasteiger partial charge in [0, 0.05) is 25.0 Å². The Hall–Kier alpha value is -2.50. The maximum absolute atomic E-state index is 13.4. The van der Waals surface area contributed by atoms with E-state index < -0.39 is 39.7 Å². The maximum Gasteiger partial charge on any atom is 0.276 e. The number of nitrogens with one attached hydrogen (secondary N) is 2. The SMILES string of the molecule is Cn1cc2c(c1C(=O)Nc1ccc(F)c(F)c1)OC[C@@H](C(O)C1CC1)NS2(=O)=O. The fraction of sp³-hybridized carbons (Fsp3) is 0.389. The fourth-order valence-corrected chi connectivity index (χ4v) is 4.77. The van der Waals surface area contributed by atoms with Gasteiger partial charge >= 0.3 is 0 Å². The minimum absolute atomic E-state index is 0.000450. The van der Waals surface area contributed by atoms with Crippen LogP contribution in [-0.4, -0.2) is 42.8 Å². The van der Waals surface area contributed by atoms with Crippen molar-refractivity contribution in [3.63, 3.8) is 0 Å². The van der Waals surface area contributed by atoms with Crippen molar-refractivity contribution in [3.8, 4) is 5.75 Å². The summed E-state index contributed by atoms with van der Waals surface area (Å²) in [5, 5.41) is 12.7. The van der Waals surface area contributed by atoms with Crippen molar-refractivity contribution in [3.05, 3.63) is 41.7 Å². The fourth-order valence-electron chi connectivity index (χ4n) is 3.34. The molecule has 1 aliphatic carbocycles. The standard InChI is InChI=1S/C18H19F2N3O5S/c1-23-7-14-17(15(23)18(25)21-10-4-5-11(19)12(20)6-10)28-8-13(22-29(14,26)27)16(24)9-2-3-9/h4-7,9,13,16,22,24H,2-3,8H2,1H3,(H,21,25)/t13-,16?/m0/s1. The number of carbonyl (C=O) groups excluding carboxylic acids is 1. The zero-order chi connectivity index (χ0) is 20.9. The summed E-state index contributed by atoms with van der Waals surface area (Å²) in [6, 6.07) is 2.02. The van der Waals surface area contributed by atoms with Gasteiger partial charge in [-0.05, 0) is 30.9 Å². The van der Waals surface area contributed by atoms with Crippen molar-refractivity contribution >= 4 is 21.6 Å². The van der Waals surface area contributed by atoms with Crippen LogP contribution in [0.3, 0.4) is 0 Å². The Morgan fingerprint density at radius 1 is 1.34 bits per heavy atom. The predicted molar refractivity (Wildman–Crippen MR) is 98.1 cm³/mol. The highest BCUT2D eigenvalue weighted by Gasteiger charge is 2.41. The van der Waals surface area contributed by atoms with Gasteiger partial charge in [-0.25, -0.2) is 21.9 Å². The molecule has 11 heteroatoms. The Labute approximate surface area is 165 Å². The molecule has 1 fully saturated rings. The first-order valence-electron chi connectivity index (χ1n) is 8.96. The number of hydrogen-bond donors (Lipinski definition) is 3. The molecule has 2 heterocycles. The van der Waals surface area contributed by atoms with Crippen LogP contribution in [0.2, 0.25) is 0 Å². The molecule has 0 bridgehead atoms.